The fourth-order valence-corrected chi connectivity index (χ4v) is 2.36. The van der Waals surface area contributed by atoms with Crippen molar-refractivity contribution in [2.24, 2.45) is 0 Å². The van der Waals surface area contributed by atoms with Crippen LogP contribution in [-0.4, -0.2) is 0 Å². The second kappa shape index (κ2) is 8.33. The molecule has 1 radical (unpaired) electrons. The molecule has 0 heteroatoms. The molecule has 0 aliphatic rings. The van der Waals surface area contributed by atoms with Crippen molar-refractivity contribution in [3.05, 3.63) is 41.3 Å². The van der Waals surface area contributed by atoms with Crippen LogP contribution in [0.2, 0.25) is 0 Å². The van der Waals surface area contributed by atoms with Crippen molar-refractivity contribution in [3.63, 3.8) is 0 Å². The van der Waals surface area contributed by atoms with Gasteiger partial charge in [0.15, 0.2) is 0 Å². The van der Waals surface area contributed by atoms with Crippen molar-refractivity contribution in [1.29, 1.82) is 0 Å². The molecule has 0 aliphatic carbocycles. The second-order valence-electron chi connectivity index (χ2n) is 5.11. The first-order valence-electron chi connectivity index (χ1n) is 7.14. The first-order valence-corrected chi connectivity index (χ1v) is 7.14. The zero-order chi connectivity index (χ0) is 12.5. The summed E-state index contributed by atoms with van der Waals surface area (Å²) in [5, 5.41) is 0. The van der Waals surface area contributed by atoms with Gasteiger partial charge in [-0.1, -0.05) is 76.6 Å². The number of aryl methyl sites for hydroxylation is 1. The molecule has 0 atom stereocenters. The third kappa shape index (κ3) is 5.39. The van der Waals surface area contributed by atoms with Crippen LogP contribution in [0.1, 0.15) is 69.9 Å². The quantitative estimate of drug-likeness (QED) is 0.504. The minimum absolute atomic E-state index is 1.26. The largest absolute Gasteiger partial charge is 0.0654 e. The van der Waals surface area contributed by atoms with E-state index in [1.165, 1.54) is 56.1 Å². The van der Waals surface area contributed by atoms with E-state index < -0.39 is 0 Å². The fourth-order valence-electron chi connectivity index (χ4n) is 2.36. The first kappa shape index (κ1) is 14.3. The lowest BCUT2D eigenvalue weighted by Gasteiger charge is -2.13. The highest BCUT2D eigenvalue weighted by atomic mass is 14.1. The maximum absolute atomic E-state index is 2.29. The summed E-state index contributed by atoms with van der Waals surface area (Å²) in [5.41, 5.74) is 2.87. The molecule has 0 N–H and O–H groups in total. The molecule has 0 saturated carbocycles. The third-order valence-electron chi connectivity index (χ3n) is 3.51. The van der Waals surface area contributed by atoms with E-state index in [1.54, 1.807) is 5.92 Å². The maximum atomic E-state index is 2.29. The van der Waals surface area contributed by atoms with Gasteiger partial charge in [-0.3, -0.25) is 0 Å². The van der Waals surface area contributed by atoms with E-state index in [1.807, 2.05) is 0 Å². The van der Waals surface area contributed by atoms with E-state index in [2.05, 4.69) is 45.0 Å². The standard InChI is InChI=1S/C17H27/c1-4-5-6-7-8-9-12-15(2)17-14-11-10-13-16(17)3/h10-11,13-14H,4-9,12H2,1-3H3. The Hall–Kier alpha value is -0.780. The van der Waals surface area contributed by atoms with Gasteiger partial charge in [-0.15, -0.1) is 0 Å². The normalized spacial score (nSPS) is 11.1. The van der Waals surface area contributed by atoms with Gasteiger partial charge in [0.25, 0.3) is 0 Å². The number of rotatable bonds is 8. The highest BCUT2D eigenvalue weighted by molar-refractivity contribution is 5.36. The molecule has 1 aromatic carbocycles. The molecule has 1 rings (SSSR count). The molecule has 0 bridgehead atoms. The molecule has 0 unspecified atom stereocenters. The lowest BCUT2D eigenvalue weighted by molar-refractivity contribution is 0.597. The molecular formula is C17H27. The Labute approximate surface area is 107 Å². The van der Waals surface area contributed by atoms with Gasteiger partial charge in [0.05, 0.1) is 0 Å². The lowest BCUT2D eigenvalue weighted by Crippen LogP contribution is -1.97. The molecule has 0 spiro atoms. The summed E-state index contributed by atoms with van der Waals surface area (Å²) < 4.78 is 0. The molecule has 17 heavy (non-hydrogen) atoms. The molecular weight excluding hydrogens is 204 g/mol. The molecule has 0 amide bonds. The Balaban J connectivity index is 2.21. The molecule has 1 aromatic rings. The van der Waals surface area contributed by atoms with Gasteiger partial charge in [0, 0.05) is 5.92 Å². The Kier molecular flexibility index (Phi) is 7.00. The van der Waals surface area contributed by atoms with Gasteiger partial charge in [-0.2, -0.15) is 0 Å². The molecule has 0 aromatic heterocycles. The van der Waals surface area contributed by atoms with Gasteiger partial charge in [0.1, 0.15) is 0 Å². The fraction of sp³-hybridized carbons (Fsp3) is 0.588. The van der Waals surface area contributed by atoms with Gasteiger partial charge < -0.3 is 0 Å². The smallest absolute Gasteiger partial charge is 0.00216 e. The summed E-state index contributed by atoms with van der Waals surface area (Å²) in [5.74, 6) is 1.55. The van der Waals surface area contributed by atoms with Gasteiger partial charge in [0.2, 0.25) is 0 Å². The van der Waals surface area contributed by atoms with Crippen LogP contribution in [0.3, 0.4) is 0 Å². The Morgan fingerprint density at radius 1 is 0.941 bits per heavy atom. The summed E-state index contributed by atoms with van der Waals surface area (Å²) in [6.45, 7) is 6.77. The predicted molar refractivity (Wildman–Crippen MR) is 77.2 cm³/mol. The summed E-state index contributed by atoms with van der Waals surface area (Å²) in [6.07, 6.45) is 9.58. The van der Waals surface area contributed by atoms with Gasteiger partial charge in [-0.05, 0) is 24.5 Å². The zero-order valence-corrected chi connectivity index (χ0v) is 11.8. The SMILES string of the molecule is CCCCCCCC[C](C)c1ccccc1C. The zero-order valence-electron chi connectivity index (χ0n) is 11.8. The summed E-state index contributed by atoms with van der Waals surface area (Å²) in [6, 6.07) is 8.73. The van der Waals surface area contributed by atoms with E-state index >= 15 is 0 Å². The topological polar surface area (TPSA) is 0 Å². The molecule has 0 saturated heterocycles. The molecule has 0 heterocycles. The Morgan fingerprint density at radius 2 is 1.59 bits per heavy atom. The summed E-state index contributed by atoms with van der Waals surface area (Å²) in [4.78, 5) is 0. The van der Waals surface area contributed by atoms with Crippen molar-refractivity contribution in [3.8, 4) is 0 Å². The minimum atomic E-state index is 1.26. The van der Waals surface area contributed by atoms with Crippen LogP contribution >= 0.6 is 0 Å². The van der Waals surface area contributed by atoms with E-state index in [0.29, 0.717) is 0 Å². The second-order valence-corrected chi connectivity index (χ2v) is 5.11. The van der Waals surface area contributed by atoms with Crippen molar-refractivity contribution in [1.82, 2.24) is 0 Å². The average Bonchev–Trinajstić information content (AvgIpc) is 2.34. The molecule has 95 valence electrons. The number of benzene rings is 1. The van der Waals surface area contributed by atoms with Crippen molar-refractivity contribution >= 4 is 0 Å². The summed E-state index contributed by atoms with van der Waals surface area (Å²) in [7, 11) is 0. The average molecular weight is 231 g/mol. The van der Waals surface area contributed by atoms with E-state index in [-0.39, 0.29) is 0 Å². The number of hydrogen-bond acceptors (Lipinski definition) is 0. The molecule has 0 nitrogen and oxygen atoms in total. The maximum Gasteiger partial charge on any atom is 0.00216 e. The van der Waals surface area contributed by atoms with Crippen LogP contribution in [0.15, 0.2) is 24.3 Å². The summed E-state index contributed by atoms with van der Waals surface area (Å²) >= 11 is 0. The molecule has 0 fully saturated rings. The highest BCUT2D eigenvalue weighted by Gasteiger charge is 2.07. The number of unbranched alkanes of at least 4 members (excludes halogenated alkanes) is 5. The minimum Gasteiger partial charge on any atom is -0.0654 e. The number of hydrogen-bond donors (Lipinski definition) is 0. The highest BCUT2D eigenvalue weighted by Crippen LogP contribution is 2.23. The predicted octanol–water partition coefficient (Wildman–Crippen LogP) is 5.69. The Bertz CT molecular complexity index is 301. The van der Waals surface area contributed by atoms with Crippen LogP contribution in [-0.2, 0) is 0 Å². The van der Waals surface area contributed by atoms with Crippen molar-refractivity contribution < 1.29 is 0 Å². The Morgan fingerprint density at radius 3 is 2.29 bits per heavy atom. The van der Waals surface area contributed by atoms with Gasteiger partial charge >= 0.3 is 0 Å². The van der Waals surface area contributed by atoms with Crippen LogP contribution in [0.25, 0.3) is 0 Å². The first-order chi connectivity index (χ1) is 8.25. The monoisotopic (exact) mass is 231 g/mol. The van der Waals surface area contributed by atoms with E-state index in [9.17, 15) is 0 Å². The van der Waals surface area contributed by atoms with Gasteiger partial charge in [-0.25, -0.2) is 0 Å². The van der Waals surface area contributed by atoms with Crippen molar-refractivity contribution in [2.45, 2.75) is 65.7 Å². The molecule has 0 aliphatic heterocycles. The lowest BCUT2D eigenvalue weighted by atomic mass is 9.91. The van der Waals surface area contributed by atoms with Crippen LogP contribution in [0.5, 0.6) is 0 Å². The van der Waals surface area contributed by atoms with Crippen LogP contribution in [0, 0.1) is 12.8 Å². The van der Waals surface area contributed by atoms with Crippen LogP contribution in [0.4, 0.5) is 0 Å². The third-order valence-corrected chi connectivity index (χ3v) is 3.51. The van der Waals surface area contributed by atoms with Crippen LogP contribution < -0.4 is 0 Å². The van der Waals surface area contributed by atoms with Crippen molar-refractivity contribution in [2.75, 3.05) is 0 Å². The van der Waals surface area contributed by atoms with E-state index in [0.717, 1.165) is 0 Å². The van der Waals surface area contributed by atoms with E-state index in [4.69, 9.17) is 0 Å².